The van der Waals surface area contributed by atoms with Crippen molar-refractivity contribution in [2.45, 2.75) is 31.8 Å². The van der Waals surface area contributed by atoms with Gasteiger partial charge in [0.15, 0.2) is 22.3 Å². The number of nitrogens with zero attached hydrogens (tertiary/aromatic N) is 2. The standard InChI is InChI=1S/C15H17ClN2O5S/c1-9(2)6-13-17-14(23-18-13)8-22-15(19)10-4-5-11(16)12(7-10)24(3,20)21/h4-5,7,9H,6,8H2,1-3H3. The number of carbonyl (C=O) groups excluding carboxylic acids is 1. The van der Waals surface area contributed by atoms with Crippen LogP contribution in [0.25, 0.3) is 0 Å². The molecule has 7 nitrogen and oxygen atoms in total. The summed E-state index contributed by atoms with van der Waals surface area (Å²) in [5, 5.41) is 3.84. The van der Waals surface area contributed by atoms with Crippen molar-refractivity contribution >= 4 is 27.4 Å². The number of halogens is 1. The molecule has 0 N–H and O–H groups in total. The Hall–Kier alpha value is -1.93. The van der Waals surface area contributed by atoms with Crippen LogP contribution >= 0.6 is 11.6 Å². The molecule has 0 radical (unpaired) electrons. The molecule has 2 rings (SSSR count). The van der Waals surface area contributed by atoms with Gasteiger partial charge in [0.2, 0.25) is 0 Å². The minimum Gasteiger partial charge on any atom is -0.452 e. The zero-order chi connectivity index (χ0) is 17.9. The lowest BCUT2D eigenvalue weighted by atomic mass is 10.1. The topological polar surface area (TPSA) is 99.4 Å². The monoisotopic (exact) mass is 372 g/mol. The number of benzene rings is 1. The van der Waals surface area contributed by atoms with Crippen molar-refractivity contribution in [2.75, 3.05) is 6.26 Å². The molecular formula is C15H17ClN2O5S. The van der Waals surface area contributed by atoms with E-state index < -0.39 is 15.8 Å². The average Bonchev–Trinajstić information content (AvgIpc) is 2.90. The minimum atomic E-state index is -3.55. The molecule has 0 bridgehead atoms. The Kier molecular flexibility index (Phi) is 5.61. The smallest absolute Gasteiger partial charge is 0.338 e. The minimum absolute atomic E-state index is 0.0456. The maximum atomic E-state index is 12.0. The van der Waals surface area contributed by atoms with E-state index in [0.29, 0.717) is 18.2 Å². The molecule has 0 saturated carbocycles. The second-order valence-electron chi connectivity index (χ2n) is 5.70. The van der Waals surface area contributed by atoms with E-state index in [-0.39, 0.29) is 28.0 Å². The van der Waals surface area contributed by atoms with Gasteiger partial charge in [0, 0.05) is 12.7 Å². The molecule has 0 amide bonds. The van der Waals surface area contributed by atoms with E-state index in [1.165, 1.54) is 18.2 Å². The summed E-state index contributed by atoms with van der Waals surface area (Å²) >= 11 is 5.84. The quantitative estimate of drug-likeness (QED) is 0.718. The van der Waals surface area contributed by atoms with Crippen LogP contribution in [0.5, 0.6) is 0 Å². The van der Waals surface area contributed by atoms with E-state index in [1.807, 2.05) is 13.8 Å². The number of carbonyl (C=O) groups is 1. The van der Waals surface area contributed by atoms with E-state index in [0.717, 1.165) is 6.26 Å². The first kappa shape index (κ1) is 18.4. The van der Waals surface area contributed by atoms with Gasteiger partial charge in [-0.3, -0.25) is 0 Å². The number of hydrogen-bond acceptors (Lipinski definition) is 7. The first-order valence-electron chi connectivity index (χ1n) is 7.15. The molecule has 0 atom stereocenters. The molecule has 0 unspecified atom stereocenters. The van der Waals surface area contributed by atoms with Crippen molar-refractivity contribution in [1.82, 2.24) is 10.1 Å². The normalized spacial score (nSPS) is 11.7. The Morgan fingerprint density at radius 3 is 2.71 bits per heavy atom. The summed E-state index contributed by atoms with van der Waals surface area (Å²) in [6.07, 6.45) is 1.67. The fourth-order valence-electron chi connectivity index (χ4n) is 1.92. The molecule has 24 heavy (non-hydrogen) atoms. The number of esters is 1. The van der Waals surface area contributed by atoms with Crippen molar-refractivity contribution in [1.29, 1.82) is 0 Å². The molecule has 0 saturated heterocycles. The molecule has 0 fully saturated rings. The van der Waals surface area contributed by atoms with Gasteiger partial charge >= 0.3 is 5.97 Å². The third-order valence-electron chi connectivity index (χ3n) is 2.99. The number of ether oxygens (including phenoxy) is 1. The molecule has 1 aromatic heterocycles. The van der Waals surface area contributed by atoms with Crippen molar-refractivity contribution in [3.63, 3.8) is 0 Å². The summed E-state index contributed by atoms with van der Waals surface area (Å²) in [6.45, 7) is 3.85. The fourth-order valence-corrected chi connectivity index (χ4v) is 3.22. The predicted molar refractivity (Wildman–Crippen MR) is 86.5 cm³/mol. The van der Waals surface area contributed by atoms with Gasteiger partial charge in [0.05, 0.1) is 15.5 Å². The second-order valence-corrected chi connectivity index (χ2v) is 8.09. The highest BCUT2D eigenvalue weighted by atomic mass is 35.5. The van der Waals surface area contributed by atoms with Crippen LogP contribution in [-0.2, 0) is 27.6 Å². The predicted octanol–water partition coefficient (Wildman–Crippen LogP) is 2.68. The Morgan fingerprint density at radius 1 is 1.38 bits per heavy atom. The third-order valence-corrected chi connectivity index (χ3v) is 4.57. The van der Waals surface area contributed by atoms with E-state index in [1.54, 1.807) is 0 Å². The molecule has 0 aliphatic carbocycles. The molecule has 1 aromatic carbocycles. The Balaban J connectivity index is 2.06. The van der Waals surface area contributed by atoms with Crippen LogP contribution < -0.4 is 0 Å². The lowest BCUT2D eigenvalue weighted by Gasteiger charge is -2.06. The highest BCUT2D eigenvalue weighted by molar-refractivity contribution is 7.90. The van der Waals surface area contributed by atoms with Gasteiger partial charge in [-0.2, -0.15) is 4.98 Å². The lowest BCUT2D eigenvalue weighted by molar-refractivity contribution is 0.0429. The summed E-state index contributed by atoms with van der Waals surface area (Å²) in [6, 6.07) is 3.90. The van der Waals surface area contributed by atoms with Crippen LogP contribution in [0.15, 0.2) is 27.6 Å². The van der Waals surface area contributed by atoms with Gasteiger partial charge in [-0.15, -0.1) is 0 Å². The third kappa shape index (κ3) is 4.78. The van der Waals surface area contributed by atoms with Gasteiger partial charge in [0.1, 0.15) is 0 Å². The molecule has 0 spiro atoms. The molecule has 130 valence electrons. The maximum Gasteiger partial charge on any atom is 0.338 e. The van der Waals surface area contributed by atoms with E-state index in [2.05, 4.69) is 10.1 Å². The van der Waals surface area contributed by atoms with Crippen LogP contribution in [0, 0.1) is 5.92 Å². The number of sulfone groups is 1. The number of aromatic nitrogens is 2. The molecule has 0 aliphatic rings. The largest absolute Gasteiger partial charge is 0.452 e. The number of rotatable bonds is 6. The lowest BCUT2D eigenvalue weighted by Crippen LogP contribution is -2.08. The highest BCUT2D eigenvalue weighted by Crippen LogP contribution is 2.23. The van der Waals surface area contributed by atoms with E-state index >= 15 is 0 Å². The van der Waals surface area contributed by atoms with Gasteiger partial charge in [-0.05, 0) is 24.1 Å². The number of hydrogen-bond donors (Lipinski definition) is 0. The van der Waals surface area contributed by atoms with Crippen molar-refractivity contribution in [2.24, 2.45) is 5.92 Å². The first-order chi connectivity index (χ1) is 11.2. The van der Waals surface area contributed by atoms with Crippen LogP contribution in [0.4, 0.5) is 0 Å². The average molecular weight is 373 g/mol. The van der Waals surface area contributed by atoms with Gasteiger partial charge in [-0.25, -0.2) is 13.2 Å². The van der Waals surface area contributed by atoms with Crippen LogP contribution in [0.3, 0.4) is 0 Å². The zero-order valence-electron chi connectivity index (χ0n) is 13.4. The van der Waals surface area contributed by atoms with Gasteiger partial charge in [-0.1, -0.05) is 30.6 Å². The van der Waals surface area contributed by atoms with Crippen molar-refractivity contribution in [3.05, 3.63) is 40.5 Å². The maximum absolute atomic E-state index is 12.0. The van der Waals surface area contributed by atoms with Gasteiger partial charge in [0.25, 0.3) is 5.89 Å². The molecule has 1 heterocycles. The Bertz CT molecular complexity index is 845. The van der Waals surface area contributed by atoms with E-state index in [4.69, 9.17) is 20.9 Å². The van der Waals surface area contributed by atoms with Crippen LogP contribution in [0.2, 0.25) is 5.02 Å². The summed E-state index contributed by atoms with van der Waals surface area (Å²) in [7, 11) is -3.55. The zero-order valence-corrected chi connectivity index (χ0v) is 15.0. The first-order valence-corrected chi connectivity index (χ1v) is 9.42. The molecule has 2 aromatic rings. The summed E-state index contributed by atoms with van der Waals surface area (Å²) in [5.41, 5.74) is 0.0711. The van der Waals surface area contributed by atoms with Crippen LogP contribution in [0.1, 0.15) is 35.9 Å². The van der Waals surface area contributed by atoms with Crippen LogP contribution in [-0.4, -0.2) is 30.8 Å². The summed E-state index contributed by atoms with van der Waals surface area (Å²) in [5.74, 6) is 0.389. The van der Waals surface area contributed by atoms with Gasteiger partial charge < -0.3 is 9.26 Å². The fraction of sp³-hybridized carbons (Fsp3) is 0.400. The van der Waals surface area contributed by atoms with Crippen molar-refractivity contribution in [3.8, 4) is 0 Å². The van der Waals surface area contributed by atoms with E-state index in [9.17, 15) is 13.2 Å². The van der Waals surface area contributed by atoms with Crippen molar-refractivity contribution < 1.29 is 22.5 Å². The molecule has 0 aliphatic heterocycles. The Morgan fingerprint density at radius 2 is 2.08 bits per heavy atom. The second kappa shape index (κ2) is 7.31. The summed E-state index contributed by atoms with van der Waals surface area (Å²) < 4.78 is 33.3. The Labute approximate surface area is 144 Å². The highest BCUT2D eigenvalue weighted by Gasteiger charge is 2.17. The molecule has 9 heteroatoms. The molecular weight excluding hydrogens is 356 g/mol. The summed E-state index contributed by atoms with van der Waals surface area (Å²) in [4.78, 5) is 16.0. The SMILES string of the molecule is CC(C)Cc1noc(COC(=O)c2ccc(Cl)c(S(C)(=O)=O)c2)n1.